The van der Waals surface area contributed by atoms with Gasteiger partial charge >= 0.3 is 0 Å². The van der Waals surface area contributed by atoms with Gasteiger partial charge in [-0.2, -0.15) is 0 Å². The Morgan fingerprint density at radius 2 is 1.47 bits per heavy atom. The number of rotatable bonds is 5. The van der Waals surface area contributed by atoms with Crippen molar-refractivity contribution in [1.82, 2.24) is 14.7 Å². The molecule has 2 atom stereocenters. The Morgan fingerprint density at radius 1 is 0.844 bits per heavy atom. The lowest BCUT2D eigenvalue weighted by Crippen LogP contribution is -2.30. The standard InChI is InChI=1S/C25H23N3O2S2/c1-15-10-12-19(13-11-15)32(29,30)28-23-20-8-4-6-18-7-5-9-21(22(18)20)24(23)31-25-26-16(2)14-17(3)27-25/h4-14,23-24,28H,1-3H3/t23-,24-/m0/s1. The zero-order valence-electron chi connectivity index (χ0n) is 18.0. The van der Waals surface area contributed by atoms with Crippen LogP contribution < -0.4 is 4.72 Å². The third-order valence-electron chi connectivity index (χ3n) is 5.72. The van der Waals surface area contributed by atoms with Crippen molar-refractivity contribution in [3.63, 3.8) is 0 Å². The second-order valence-electron chi connectivity index (χ2n) is 8.18. The van der Waals surface area contributed by atoms with Crippen molar-refractivity contribution in [2.45, 2.75) is 42.1 Å². The molecule has 0 amide bonds. The summed E-state index contributed by atoms with van der Waals surface area (Å²) in [6.07, 6.45) is 0. The zero-order valence-corrected chi connectivity index (χ0v) is 19.7. The van der Waals surface area contributed by atoms with Gasteiger partial charge in [0, 0.05) is 11.4 Å². The molecule has 32 heavy (non-hydrogen) atoms. The lowest BCUT2D eigenvalue weighted by Gasteiger charge is -2.22. The van der Waals surface area contributed by atoms with E-state index in [1.54, 1.807) is 12.1 Å². The van der Waals surface area contributed by atoms with Gasteiger partial charge in [0.15, 0.2) is 5.16 Å². The topological polar surface area (TPSA) is 72.0 Å². The summed E-state index contributed by atoms with van der Waals surface area (Å²) in [5, 5.41) is 2.67. The predicted octanol–water partition coefficient (Wildman–Crippen LogP) is 5.42. The highest BCUT2D eigenvalue weighted by Crippen LogP contribution is 2.52. The van der Waals surface area contributed by atoms with Crippen molar-refractivity contribution in [2.75, 3.05) is 0 Å². The number of nitrogens with zero attached hydrogens (tertiary/aromatic N) is 2. The van der Waals surface area contributed by atoms with E-state index in [2.05, 4.69) is 32.9 Å². The summed E-state index contributed by atoms with van der Waals surface area (Å²) in [7, 11) is -3.72. The molecule has 162 valence electrons. The third kappa shape index (κ3) is 3.81. The highest BCUT2D eigenvalue weighted by atomic mass is 32.2. The Kier molecular flexibility index (Phi) is 5.28. The fourth-order valence-corrected chi connectivity index (χ4v) is 6.92. The van der Waals surface area contributed by atoms with Gasteiger partial charge in [-0.25, -0.2) is 23.1 Å². The van der Waals surface area contributed by atoms with Crippen LogP contribution >= 0.6 is 11.8 Å². The number of thioether (sulfide) groups is 1. The minimum absolute atomic E-state index is 0.183. The molecular formula is C25H23N3O2S2. The molecule has 1 heterocycles. The average molecular weight is 462 g/mol. The van der Waals surface area contributed by atoms with Crippen LogP contribution in [0.2, 0.25) is 0 Å². The number of hydrogen-bond donors (Lipinski definition) is 1. The first-order valence-corrected chi connectivity index (χ1v) is 12.8. The summed E-state index contributed by atoms with van der Waals surface area (Å²) in [5.41, 5.74) is 4.89. The fourth-order valence-electron chi connectivity index (χ4n) is 4.31. The van der Waals surface area contributed by atoms with Gasteiger partial charge in [0.25, 0.3) is 0 Å². The molecule has 3 aromatic carbocycles. The summed E-state index contributed by atoms with van der Waals surface area (Å²) in [6, 6.07) is 20.6. The van der Waals surface area contributed by atoms with Crippen molar-refractivity contribution in [3.8, 4) is 0 Å². The lowest BCUT2D eigenvalue weighted by atomic mass is 10.1. The van der Waals surface area contributed by atoms with Gasteiger partial charge < -0.3 is 0 Å². The molecule has 1 aliphatic rings. The Hall–Kier alpha value is -2.74. The largest absolute Gasteiger partial charge is 0.241 e. The lowest BCUT2D eigenvalue weighted by molar-refractivity contribution is 0.557. The van der Waals surface area contributed by atoms with Crippen LogP contribution in [0.15, 0.2) is 76.8 Å². The van der Waals surface area contributed by atoms with E-state index in [0.717, 1.165) is 38.9 Å². The smallest absolute Gasteiger partial charge is 0.228 e. The monoisotopic (exact) mass is 461 g/mol. The minimum Gasteiger partial charge on any atom is -0.228 e. The summed E-state index contributed by atoms with van der Waals surface area (Å²) < 4.78 is 29.6. The first-order chi connectivity index (χ1) is 15.3. The molecule has 0 unspecified atom stereocenters. The van der Waals surface area contributed by atoms with Crippen LogP contribution in [0, 0.1) is 20.8 Å². The molecule has 7 heteroatoms. The molecule has 0 fully saturated rings. The zero-order chi connectivity index (χ0) is 22.5. The molecule has 0 bridgehead atoms. The summed E-state index contributed by atoms with van der Waals surface area (Å²) in [5.74, 6) is 0. The summed E-state index contributed by atoms with van der Waals surface area (Å²) >= 11 is 1.51. The quantitative estimate of drug-likeness (QED) is 0.402. The molecule has 0 aliphatic heterocycles. The van der Waals surface area contributed by atoms with Crippen LogP contribution in [-0.2, 0) is 10.0 Å². The minimum atomic E-state index is -3.72. The van der Waals surface area contributed by atoms with Crippen molar-refractivity contribution < 1.29 is 8.42 Å². The van der Waals surface area contributed by atoms with E-state index in [1.165, 1.54) is 11.8 Å². The number of aromatic nitrogens is 2. The average Bonchev–Trinajstić information content (AvgIpc) is 3.02. The van der Waals surface area contributed by atoms with E-state index in [1.807, 2.05) is 57.2 Å². The third-order valence-corrected chi connectivity index (χ3v) is 8.35. The Morgan fingerprint density at radius 3 is 2.12 bits per heavy atom. The van der Waals surface area contributed by atoms with Crippen molar-refractivity contribution in [2.24, 2.45) is 0 Å². The van der Waals surface area contributed by atoms with Gasteiger partial charge in [-0.05, 0) is 60.9 Å². The van der Waals surface area contributed by atoms with Gasteiger partial charge in [-0.1, -0.05) is 65.9 Å². The van der Waals surface area contributed by atoms with Crippen LogP contribution in [0.3, 0.4) is 0 Å². The molecule has 1 N–H and O–H groups in total. The Labute approximate surface area is 192 Å². The first kappa shape index (κ1) is 21.1. The SMILES string of the molecule is Cc1ccc(S(=O)(=O)N[C@H]2c3cccc4cccc(c34)[C@@H]2Sc2nc(C)cc(C)n2)cc1. The number of benzene rings is 3. The maximum atomic E-state index is 13.3. The number of nitrogens with one attached hydrogen (secondary N) is 1. The van der Waals surface area contributed by atoms with Gasteiger partial charge in [0.2, 0.25) is 10.0 Å². The fraction of sp³-hybridized carbons (Fsp3) is 0.200. The highest BCUT2D eigenvalue weighted by molar-refractivity contribution is 7.99. The maximum Gasteiger partial charge on any atom is 0.241 e. The Balaban J connectivity index is 1.60. The number of hydrogen-bond acceptors (Lipinski definition) is 5. The molecule has 5 rings (SSSR count). The van der Waals surface area contributed by atoms with Crippen LogP contribution in [-0.4, -0.2) is 18.4 Å². The normalized spacial score (nSPS) is 17.7. The van der Waals surface area contributed by atoms with E-state index in [-0.39, 0.29) is 10.1 Å². The highest BCUT2D eigenvalue weighted by Gasteiger charge is 2.38. The van der Waals surface area contributed by atoms with Crippen LogP contribution in [0.25, 0.3) is 10.8 Å². The molecule has 0 saturated heterocycles. The van der Waals surface area contributed by atoms with Gasteiger partial charge in [0.1, 0.15) is 0 Å². The molecule has 0 saturated carbocycles. The van der Waals surface area contributed by atoms with E-state index in [0.29, 0.717) is 5.16 Å². The summed E-state index contributed by atoms with van der Waals surface area (Å²) in [4.78, 5) is 9.46. The van der Waals surface area contributed by atoms with Gasteiger partial charge in [0.05, 0.1) is 16.2 Å². The number of sulfonamides is 1. The van der Waals surface area contributed by atoms with Gasteiger partial charge in [-0.15, -0.1) is 0 Å². The second-order valence-corrected chi connectivity index (χ2v) is 11.0. The number of aryl methyl sites for hydroxylation is 3. The molecule has 0 radical (unpaired) electrons. The van der Waals surface area contributed by atoms with Crippen LogP contribution in [0.4, 0.5) is 0 Å². The van der Waals surface area contributed by atoms with Crippen LogP contribution in [0.5, 0.6) is 0 Å². The van der Waals surface area contributed by atoms with E-state index in [4.69, 9.17) is 0 Å². The van der Waals surface area contributed by atoms with Crippen molar-refractivity contribution >= 4 is 32.6 Å². The van der Waals surface area contributed by atoms with Crippen molar-refractivity contribution in [3.05, 3.63) is 94.8 Å². The molecule has 4 aromatic rings. The van der Waals surface area contributed by atoms with Crippen molar-refractivity contribution in [1.29, 1.82) is 0 Å². The predicted molar refractivity (Wildman–Crippen MR) is 128 cm³/mol. The molecule has 0 spiro atoms. The van der Waals surface area contributed by atoms with Crippen LogP contribution in [0.1, 0.15) is 39.4 Å². The van der Waals surface area contributed by atoms with Gasteiger partial charge in [-0.3, -0.25) is 0 Å². The molecule has 1 aromatic heterocycles. The first-order valence-electron chi connectivity index (χ1n) is 10.4. The second kappa shape index (κ2) is 7.99. The Bertz CT molecular complexity index is 1410. The molecule has 5 nitrogen and oxygen atoms in total. The van der Waals surface area contributed by atoms with E-state index in [9.17, 15) is 8.42 Å². The van der Waals surface area contributed by atoms with E-state index < -0.39 is 16.1 Å². The van der Waals surface area contributed by atoms with E-state index >= 15 is 0 Å². The molecule has 1 aliphatic carbocycles. The summed E-state index contributed by atoms with van der Waals surface area (Å²) in [6.45, 7) is 5.83. The maximum absolute atomic E-state index is 13.3. The molecular weight excluding hydrogens is 438 g/mol.